The molecule has 0 amide bonds. The molecule has 0 heterocycles. The van der Waals surface area contributed by atoms with E-state index in [0.717, 1.165) is 0 Å². The van der Waals surface area contributed by atoms with Crippen LogP contribution in [0.1, 0.15) is 22.3 Å². The lowest BCUT2D eigenvalue weighted by Crippen LogP contribution is -2.25. The molecule has 22 heavy (non-hydrogen) atoms. The lowest BCUT2D eigenvalue weighted by atomic mass is 9.95. The Bertz CT molecular complexity index is 518. The molecule has 0 N–H and O–H groups in total. The number of hydrogen-bond donors (Lipinski definition) is 0. The zero-order valence-electron chi connectivity index (χ0n) is 9.61. The first-order valence-corrected chi connectivity index (χ1v) is 4.85. The molecule has 0 bridgehead atoms. The summed E-state index contributed by atoms with van der Waals surface area (Å²) in [6.45, 7) is 0. The van der Waals surface area contributed by atoms with Crippen molar-refractivity contribution in [2.75, 3.05) is 0 Å². The number of benzene rings is 1. The molecule has 0 fully saturated rings. The van der Waals surface area contributed by atoms with Crippen LogP contribution in [0.25, 0.3) is 0 Å². The summed E-state index contributed by atoms with van der Waals surface area (Å²) >= 11 is 0. The molecular weight excluding hydrogens is 348 g/mol. The molecule has 0 nitrogen and oxygen atoms in total. The van der Waals surface area contributed by atoms with Crippen LogP contribution in [0.5, 0.6) is 0 Å². The lowest BCUT2D eigenvalue weighted by Gasteiger charge is -2.22. The molecule has 0 aromatic heterocycles. The number of hydrogen-bond acceptors (Lipinski definition) is 0. The molecule has 0 spiro atoms. The van der Waals surface area contributed by atoms with E-state index in [-0.39, 0.29) is 0 Å². The predicted octanol–water partition coefficient (Wildman–Crippen LogP) is 5.56. The van der Waals surface area contributed by atoms with Crippen molar-refractivity contribution in [2.24, 2.45) is 0 Å². The summed E-state index contributed by atoms with van der Waals surface area (Å²) in [5.41, 5.74) is -12.1. The normalized spacial score (nSPS) is 14.4. The van der Waals surface area contributed by atoms with E-state index in [9.17, 15) is 52.7 Å². The Morgan fingerprint density at radius 2 is 1.05 bits per heavy atom. The molecule has 1 rings (SSSR count). The zero-order valence-corrected chi connectivity index (χ0v) is 9.61. The van der Waals surface area contributed by atoms with Gasteiger partial charge in [0.15, 0.2) is 0 Å². The average Bonchev–Trinajstić information content (AvgIpc) is 2.22. The maximum absolute atomic E-state index is 12.5. The largest absolute Gasteiger partial charge is 0.417 e. The third-order valence-corrected chi connectivity index (χ3v) is 2.25. The van der Waals surface area contributed by atoms with Crippen molar-refractivity contribution >= 4 is 0 Å². The van der Waals surface area contributed by atoms with Gasteiger partial charge in [-0.05, 0) is 6.07 Å². The van der Waals surface area contributed by atoms with Gasteiger partial charge in [-0.1, -0.05) is 0 Å². The monoisotopic (exact) mass is 349 g/mol. The van der Waals surface area contributed by atoms with E-state index in [1.54, 1.807) is 0 Å². The quantitative estimate of drug-likeness (QED) is 0.538. The Morgan fingerprint density at radius 1 is 0.591 bits per heavy atom. The lowest BCUT2D eigenvalue weighted by molar-refractivity contribution is -0.176. The van der Waals surface area contributed by atoms with Gasteiger partial charge in [-0.2, -0.15) is 52.7 Å². The van der Waals surface area contributed by atoms with Gasteiger partial charge in [-0.15, -0.1) is 0 Å². The zero-order chi connectivity index (χ0) is 17.7. The molecule has 0 aliphatic rings. The summed E-state index contributed by atoms with van der Waals surface area (Å²) in [5, 5.41) is 0. The highest BCUT2D eigenvalue weighted by molar-refractivity contribution is 5.44. The van der Waals surface area contributed by atoms with Crippen molar-refractivity contribution in [3.05, 3.63) is 34.4 Å². The van der Waals surface area contributed by atoms with Crippen molar-refractivity contribution in [1.29, 1.82) is 0 Å². The number of rotatable bonds is 0. The fourth-order valence-electron chi connectivity index (χ4n) is 1.47. The van der Waals surface area contributed by atoms with Gasteiger partial charge in [0.25, 0.3) is 0 Å². The summed E-state index contributed by atoms with van der Waals surface area (Å²) in [6, 6.07) is -0.716. The van der Waals surface area contributed by atoms with Crippen molar-refractivity contribution in [3.8, 4) is 0 Å². The highest BCUT2D eigenvalue weighted by atomic mass is 19.4. The molecule has 0 saturated carbocycles. The van der Waals surface area contributed by atoms with E-state index < -0.39 is 53.0 Å². The van der Waals surface area contributed by atoms with Gasteiger partial charge in [0, 0.05) is 6.07 Å². The highest BCUT2D eigenvalue weighted by Crippen LogP contribution is 2.48. The summed E-state index contributed by atoms with van der Waals surface area (Å²) in [4.78, 5) is 0. The van der Waals surface area contributed by atoms with Crippen LogP contribution in [0.15, 0.2) is 6.07 Å². The summed E-state index contributed by atoms with van der Waals surface area (Å²) < 4.78 is 149. The van der Waals surface area contributed by atoms with Gasteiger partial charge in [0.05, 0.1) is 22.3 Å². The summed E-state index contributed by atoms with van der Waals surface area (Å²) in [7, 11) is 0. The summed E-state index contributed by atoms with van der Waals surface area (Å²) in [5.74, 6) is 0. The van der Waals surface area contributed by atoms with Crippen LogP contribution in [0.2, 0.25) is 0 Å². The summed E-state index contributed by atoms with van der Waals surface area (Å²) in [6.07, 6.45) is -24.1. The maximum Gasteiger partial charge on any atom is 0.417 e. The second kappa shape index (κ2) is 4.95. The standard InChI is InChI=1S/C10HF12/c11-7(12,13)3-1-4(8(14,15)16)6(10(20,21)22)5(2-3)9(17,18)19/h1H. The first-order chi connectivity index (χ1) is 9.45. The smallest absolute Gasteiger partial charge is 0.166 e. The predicted molar refractivity (Wildman–Crippen MR) is 45.3 cm³/mol. The van der Waals surface area contributed by atoms with E-state index >= 15 is 0 Å². The minimum Gasteiger partial charge on any atom is -0.166 e. The van der Waals surface area contributed by atoms with Gasteiger partial charge in [0.1, 0.15) is 0 Å². The molecule has 125 valence electrons. The van der Waals surface area contributed by atoms with Crippen LogP contribution in [-0.4, -0.2) is 0 Å². The first-order valence-electron chi connectivity index (χ1n) is 4.85. The van der Waals surface area contributed by atoms with Crippen LogP contribution in [0.3, 0.4) is 0 Å². The van der Waals surface area contributed by atoms with E-state index in [1.807, 2.05) is 0 Å². The van der Waals surface area contributed by atoms with Gasteiger partial charge < -0.3 is 0 Å². The topological polar surface area (TPSA) is 0 Å². The van der Waals surface area contributed by atoms with Crippen LogP contribution in [0, 0.1) is 6.07 Å². The molecule has 1 aromatic carbocycles. The van der Waals surface area contributed by atoms with E-state index in [1.165, 1.54) is 0 Å². The molecule has 0 aliphatic carbocycles. The minimum atomic E-state index is -6.18. The van der Waals surface area contributed by atoms with Crippen molar-refractivity contribution in [3.63, 3.8) is 0 Å². The van der Waals surface area contributed by atoms with Crippen LogP contribution in [-0.2, 0) is 24.7 Å². The molecule has 0 atom stereocenters. The molecule has 0 saturated heterocycles. The Labute approximate surface area is 113 Å². The maximum atomic E-state index is 12.5. The minimum absolute atomic E-state index is 0.342. The Kier molecular flexibility index (Phi) is 4.14. The van der Waals surface area contributed by atoms with E-state index in [0.29, 0.717) is 6.07 Å². The second-order valence-corrected chi connectivity index (χ2v) is 3.84. The van der Waals surface area contributed by atoms with Crippen molar-refractivity contribution in [2.45, 2.75) is 24.7 Å². The Morgan fingerprint density at radius 3 is 1.32 bits per heavy atom. The molecule has 1 radical (unpaired) electrons. The second-order valence-electron chi connectivity index (χ2n) is 3.84. The van der Waals surface area contributed by atoms with Crippen LogP contribution in [0.4, 0.5) is 52.7 Å². The third-order valence-electron chi connectivity index (χ3n) is 2.25. The average molecular weight is 349 g/mol. The molecule has 1 aromatic rings. The van der Waals surface area contributed by atoms with Crippen molar-refractivity contribution in [1.82, 2.24) is 0 Å². The van der Waals surface area contributed by atoms with Crippen LogP contribution < -0.4 is 0 Å². The fraction of sp³-hybridized carbons (Fsp3) is 0.400. The molecule has 0 unspecified atom stereocenters. The van der Waals surface area contributed by atoms with Gasteiger partial charge in [-0.25, -0.2) is 0 Å². The highest BCUT2D eigenvalue weighted by Gasteiger charge is 2.52. The fourth-order valence-corrected chi connectivity index (χ4v) is 1.47. The third kappa shape index (κ3) is 3.77. The van der Waals surface area contributed by atoms with Gasteiger partial charge >= 0.3 is 24.7 Å². The molecule has 12 heteroatoms. The molecular formula is C10HF12. The van der Waals surface area contributed by atoms with Gasteiger partial charge in [-0.3, -0.25) is 0 Å². The number of alkyl halides is 12. The van der Waals surface area contributed by atoms with E-state index in [4.69, 9.17) is 0 Å². The SMILES string of the molecule is FC(F)(F)c1[c]c(C(F)(F)F)c(C(F)(F)F)c(C(F)(F)F)c1. The molecule has 0 aliphatic heterocycles. The number of halogens is 12. The Balaban J connectivity index is 3.96. The van der Waals surface area contributed by atoms with E-state index in [2.05, 4.69) is 0 Å². The van der Waals surface area contributed by atoms with Gasteiger partial charge in [0.2, 0.25) is 0 Å². The first kappa shape index (κ1) is 18.4. The van der Waals surface area contributed by atoms with Crippen LogP contribution >= 0.6 is 0 Å². The Hall–Kier alpha value is -1.62. The van der Waals surface area contributed by atoms with Crippen molar-refractivity contribution < 1.29 is 52.7 Å².